The predicted octanol–water partition coefficient (Wildman–Crippen LogP) is 5.42. The van der Waals surface area contributed by atoms with Crippen molar-refractivity contribution in [3.8, 4) is 0 Å². The number of benzene rings is 2. The Labute approximate surface area is 162 Å². The molecular weight excluding hydrogens is 366 g/mol. The quantitative estimate of drug-likeness (QED) is 0.659. The van der Waals surface area contributed by atoms with Crippen molar-refractivity contribution in [2.75, 3.05) is 6.54 Å². The monoisotopic (exact) mass is 391 g/mol. The largest absolute Gasteiger partial charge is 0.243 e. The summed E-state index contributed by atoms with van der Waals surface area (Å²) in [6.45, 7) is 2.84. The number of hydrogen-bond acceptors (Lipinski definition) is 2. The van der Waals surface area contributed by atoms with Gasteiger partial charge in [-0.05, 0) is 48.9 Å². The van der Waals surface area contributed by atoms with Gasteiger partial charge in [-0.2, -0.15) is 4.31 Å². The van der Waals surface area contributed by atoms with Gasteiger partial charge in [-0.1, -0.05) is 67.3 Å². The van der Waals surface area contributed by atoms with Crippen LogP contribution in [0, 0.1) is 12.8 Å². The van der Waals surface area contributed by atoms with Gasteiger partial charge in [0.2, 0.25) is 10.0 Å². The van der Waals surface area contributed by atoms with Crippen LogP contribution in [0.25, 0.3) is 0 Å². The number of nitrogens with zero attached hydrogens (tertiary/aromatic N) is 1. The van der Waals surface area contributed by atoms with Gasteiger partial charge in [0, 0.05) is 18.1 Å². The van der Waals surface area contributed by atoms with E-state index in [4.69, 9.17) is 11.6 Å². The summed E-state index contributed by atoms with van der Waals surface area (Å²) in [7, 11) is -3.59. The molecule has 26 heavy (non-hydrogen) atoms. The lowest BCUT2D eigenvalue weighted by atomic mass is 9.89. The molecule has 2 aromatic carbocycles. The topological polar surface area (TPSA) is 37.4 Å². The first-order valence-electron chi connectivity index (χ1n) is 9.27. The molecule has 0 saturated heterocycles. The van der Waals surface area contributed by atoms with Crippen LogP contribution in [0.4, 0.5) is 0 Å². The molecule has 0 bridgehead atoms. The van der Waals surface area contributed by atoms with Gasteiger partial charge in [-0.25, -0.2) is 8.42 Å². The summed E-state index contributed by atoms with van der Waals surface area (Å²) in [5, 5.41) is 0.489. The van der Waals surface area contributed by atoms with Crippen LogP contribution in [0.5, 0.6) is 0 Å². The zero-order valence-electron chi connectivity index (χ0n) is 15.2. The van der Waals surface area contributed by atoms with Crippen LogP contribution in [-0.4, -0.2) is 19.3 Å². The molecular formula is C21H26ClNO2S. The first-order chi connectivity index (χ1) is 12.5. The number of rotatable bonds is 6. The Kier molecular flexibility index (Phi) is 6.38. The molecule has 1 saturated carbocycles. The Morgan fingerprint density at radius 3 is 2.38 bits per heavy atom. The van der Waals surface area contributed by atoms with E-state index in [9.17, 15) is 8.42 Å². The smallest absolute Gasteiger partial charge is 0.207 e. The van der Waals surface area contributed by atoms with Crippen LogP contribution < -0.4 is 0 Å². The van der Waals surface area contributed by atoms with Gasteiger partial charge in [-0.3, -0.25) is 0 Å². The number of sulfonamides is 1. The number of aryl methyl sites for hydroxylation is 1. The molecule has 1 aliphatic rings. The van der Waals surface area contributed by atoms with E-state index >= 15 is 0 Å². The Hall–Kier alpha value is -1.36. The summed E-state index contributed by atoms with van der Waals surface area (Å²) in [6, 6.07) is 14.8. The van der Waals surface area contributed by atoms with E-state index in [1.165, 1.54) is 19.3 Å². The highest BCUT2D eigenvalue weighted by molar-refractivity contribution is 7.89. The van der Waals surface area contributed by atoms with Crippen molar-refractivity contribution in [1.82, 2.24) is 4.31 Å². The van der Waals surface area contributed by atoms with Crippen LogP contribution in [0.1, 0.15) is 43.2 Å². The first kappa shape index (κ1) is 19.4. The maximum Gasteiger partial charge on any atom is 0.243 e. The summed E-state index contributed by atoms with van der Waals surface area (Å²) < 4.78 is 28.3. The molecule has 3 nitrogen and oxygen atoms in total. The second-order valence-electron chi connectivity index (χ2n) is 7.20. The molecule has 0 amide bonds. The summed E-state index contributed by atoms with van der Waals surface area (Å²) in [6.07, 6.45) is 5.86. The van der Waals surface area contributed by atoms with E-state index in [0.717, 1.165) is 24.0 Å². The molecule has 0 aliphatic heterocycles. The first-order valence-corrected chi connectivity index (χ1v) is 11.1. The van der Waals surface area contributed by atoms with E-state index in [0.29, 0.717) is 24.0 Å². The highest BCUT2D eigenvalue weighted by Gasteiger charge is 2.28. The molecule has 0 aromatic heterocycles. The van der Waals surface area contributed by atoms with Crippen LogP contribution in [0.3, 0.4) is 0 Å². The Morgan fingerprint density at radius 1 is 1.04 bits per heavy atom. The lowest BCUT2D eigenvalue weighted by Gasteiger charge is -2.29. The molecule has 0 N–H and O–H groups in total. The summed E-state index contributed by atoms with van der Waals surface area (Å²) in [4.78, 5) is 0.278. The Balaban J connectivity index is 1.90. The van der Waals surface area contributed by atoms with Crippen LogP contribution in [-0.2, 0) is 16.6 Å². The molecule has 140 valence electrons. The Morgan fingerprint density at radius 2 is 1.73 bits per heavy atom. The molecule has 0 atom stereocenters. The SMILES string of the molecule is Cc1ccc(S(=O)(=O)N(Cc2ccccc2)CC2CCCCC2)cc1Cl. The van der Waals surface area contributed by atoms with E-state index in [2.05, 4.69) is 0 Å². The second kappa shape index (κ2) is 8.55. The molecule has 3 rings (SSSR count). The molecule has 0 heterocycles. The molecule has 0 radical (unpaired) electrons. The molecule has 5 heteroatoms. The third-order valence-electron chi connectivity index (χ3n) is 5.17. The van der Waals surface area contributed by atoms with Crippen LogP contribution >= 0.6 is 11.6 Å². The zero-order valence-corrected chi connectivity index (χ0v) is 16.8. The maximum atomic E-state index is 13.3. The van der Waals surface area contributed by atoms with E-state index in [-0.39, 0.29) is 4.90 Å². The van der Waals surface area contributed by atoms with Crippen molar-refractivity contribution in [3.63, 3.8) is 0 Å². The van der Waals surface area contributed by atoms with Crippen LogP contribution in [0.2, 0.25) is 5.02 Å². The van der Waals surface area contributed by atoms with Gasteiger partial charge in [0.15, 0.2) is 0 Å². The molecule has 1 fully saturated rings. The normalized spacial score (nSPS) is 16.1. The minimum Gasteiger partial charge on any atom is -0.207 e. The average Bonchev–Trinajstić information content (AvgIpc) is 2.65. The number of hydrogen-bond donors (Lipinski definition) is 0. The van der Waals surface area contributed by atoms with Crippen molar-refractivity contribution in [2.45, 2.75) is 50.5 Å². The minimum absolute atomic E-state index is 0.278. The third-order valence-corrected chi connectivity index (χ3v) is 7.38. The van der Waals surface area contributed by atoms with E-state index < -0.39 is 10.0 Å². The minimum atomic E-state index is -3.59. The van der Waals surface area contributed by atoms with Gasteiger partial charge in [0.25, 0.3) is 0 Å². The van der Waals surface area contributed by atoms with Gasteiger partial charge in [0.1, 0.15) is 0 Å². The van der Waals surface area contributed by atoms with Crippen molar-refractivity contribution in [3.05, 3.63) is 64.7 Å². The van der Waals surface area contributed by atoms with Crippen molar-refractivity contribution < 1.29 is 8.42 Å². The van der Waals surface area contributed by atoms with Gasteiger partial charge in [-0.15, -0.1) is 0 Å². The second-order valence-corrected chi connectivity index (χ2v) is 9.54. The van der Waals surface area contributed by atoms with Gasteiger partial charge in [0.05, 0.1) is 4.90 Å². The standard InChI is InChI=1S/C21H26ClNO2S/c1-17-12-13-20(14-21(17)22)26(24,25)23(15-18-8-4-2-5-9-18)16-19-10-6-3-7-11-19/h2,4-5,8-9,12-14,19H,3,6-7,10-11,15-16H2,1H3. The Bertz CT molecular complexity index is 830. The fourth-order valence-corrected chi connectivity index (χ4v) is 5.35. The van der Waals surface area contributed by atoms with Gasteiger partial charge < -0.3 is 0 Å². The zero-order chi connectivity index (χ0) is 18.6. The fourth-order valence-electron chi connectivity index (χ4n) is 3.58. The van der Waals surface area contributed by atoms with Crippen LogP contribution in [0.15, 0.2) is 53.4 Å². The average molecular weight is 392 g/mol. The molecule has 0 spiro atoms. The summed E-state index contributed by atoms with van der Waals surface area (Å²) in [5.41, 5.74) is 1.89. The highest BCUT2D eigenvalue weighted by Crippen LogP contribution is 2.29. The lowest BCUT2D eigenvalue weighted by Crippen LogP contribution is -2.35. The third kappa shape index (κ3) is 4.67. The van der Waals surface area contributed by atoms with Crippen molar-refractivity contribution in [2.24, 2.45) is 5.92 Å². The summed E-state index contributed by atoms with van der Waals surface area (Å²) >= 11 is 6.19. The molecule has 0 unspecified atom stereocenters. The van der Waals surface area contributed by atoms with E-state index in [1.54, 1.807) is 22.5 Å². The summed E-state index contributed by atoms with van der Waals surface area (Å²) in [5.74, 6) is 0.433. The number of halogens is 1. The van der Waals surface area contributed by atoms with Crippen molar-refractivity contribution >= 4 is 21.6 Å². The highest BCUT2D eigenvalue weighted by atomic mass is 35.5. The van der Waals surface area contributed by atoms with Crippen molar-refractivity contribution in [1.29, 1.82) is 0 Å². The molecule has 1 aliphatic carbocycles. The lowest BCUT2D eigenvalue weighted by molar-refractivity contribution is 0.275. The van der Waals surface area contributed by atoms with Gasteiger partial charge >= 0.3 is 0 Å². The fraction of sp³-hybridized carbons (Fsp3) is 0.429. The maximum absolute atomic E-state index is 13.3. The van der Waals surface area contributed by atoms with E-state index in [1.807, 2.05) is 37.3 Å². The predicted molar refractivity (Wildman–Crippen MR) is 107 cm³/mol. The molecule has 2 aromatic rings.